The van der Waals surface area contributed by atoms with E-state index in [2.05, 4.69) is 46.7 Å². The van der Waals surface area contributed by atoms with Crippen molar-refractivity contribution >= 4 is 6.09 Å². The molecule has 1 fully saturated rings. The molecular weight excluding hydrogens is 362 g/mol. The van der Waals surface area contributed by atoms with Crippen molar-refractivity contribution in [3.8, 4) is 11.1 Å². The molecule has 0 radical (unpaired) electrons. The van der Waals surface area contributed by atoms with Crippen LogP contribution in [-0.2, 0) is 4.74 Å². The number of nitrogens with zero attached hydrogens (tertiary/aromatic N) is 2. The summed E-state index contributed by atoms with van der Waals surface area (Å²) in [6.45, 7) is 2.28. The van der Waals surface area contributed by atoms with Crippen molar-refractivity contribution in [1.29, 1.82) is 0 Å². The molecular formula is C24H23N3O2. The average molecular weight is 385 g/mol. The fourth-order valence-electron chi connectivity index (χ4n) is 4.38. The highest BCUT2D eigenvalue weighted by atomic mass is 16.6. The molecule has 3 aromatic rings. The molecule has 0 saturated carbocycles. The Balaban J connectivity index is 1.29. The molecule has 0 bridgehead atoms. The molecule has 1 N–H and O–H groups in total. The molecule has 1 saturated heterocycles. The number of benzene rings is 2. The van der Waals surface area contributed by atoms with Gasteiger partial charge < -0.3 is 15.0 Å². The third-order valence-corrected chi connectivity index (χ3v) is 5.81. The average Bonchev–Trinajstić information content (AvgIpc) is 3.12. The van der Waals surface area contributed by atoms with Crippen molar-refractivity contribution in [2.75, 3.05) is 26.2 Å². The largest absolute Gasteiger partial charge is 0.448 e. The molecule has 2 aromatic carbocycles. The van der Waals surface area contributed by atoms with Crippen LogP contribution in [0.3, 0.4) is 0 Å². The van der Waals surface area contributed by atoms with Crippen LogP contribution in [-0.4, -0.2) is 42.2 Å². The van der Waals surface area contributed by atoms with Gasteiger partial charge in [0.2, 0.25) is 0 Å². The van der Waals surface area contributed by atoms with Crippen molar-refractivity contribution in [3.05, 3.63) is 89.7 Å². The summed E-state index contributed by atoms with van der Waals surface area (Å²) < 4.78 is 5.80. The van der Waals surface area contributed by atoms with Gasteiger partial charge in [0.25, 0.3) is 0 Å². The molecule has 2 aliphatic rings. The summed E-state index contributed by atoms with van der Waals surface area (Å²) in [5, 5.41) is 3.43. The van der Waals surface area contributed by atoms with Gasteiger partial charge in [-0.25, -0.2) is 4.79 Å². The van der Waals surface area contributed by atoms with E-state index in [-0.39, 0.29) is 18.1 Å². The molecule has 5 heteroatoms. The Bertz CT molecular complexity index is 976. The zero-order chi connectivity index (χ0) is 19.6. The zero-order valence-electron chi connectivity index (χ0n) is 16.1. The fraction of sp³-hybridized carbons (Fsp3) is 0.250. The van der Waals surface area contributed by atoms with Crippen LogP contribution >= 0.6 is 0 Å². The van der Waals surface area contributed by atoms with Gasteiger partial charge in [0, 0.05) is 31.7 Å². The Kier molecular flexibility index (Phi) is 4.74. The van der Waals surface area contributed by atoms with Crippen LogP contribution in [0.1, 0.15) is 28.8 Å². The lowest BCUT2D eigenvalue weighted by Gasteiger charge is -2.33. The van der Waals surface area contributed by atoms with Crippen LogP contribution in [0.25, 0.3) is 11.1 Å². The lowest BCUT2D eigenvalue weighted by Crippen LogP contribution is -2.48. The number of piperazine rings is 1. The van der Waals surface area contributed by atoms with Crippen LogP contribution < -0.4 is 5.32 Å². The number of ether oxygens (including phenoxy) is 1. The number of hydrogen-bond donors (Lipinski definition) is 1. The molecule has 5 nitrogen and oxygen atoms in total. The molecule has 5 rings (SSSR count). The summed E-state index contributed by atoms with van der Waals surface area (Å²) in [6, 6.07) is 22.7. The third kappa shape index (κ3) is 3.38. The molecule has 2 heterocycles. The van der Waals surface area contributed by atoms with E-state index < -0.39 is 0 Å². The minimum absolute atomic E-state index is 0.0328. The fourth-order valence-corrected chi connectivity index (χ4v) is 4.38. The van der Waals surface area contributed by atoms with E-state index in [4.69, 9.17) is 4.74 Å². The summed E-state index contributed by atoms with van der Waals surface area (Å²) >= 11 is 0. The lowest BCUT2D eigenvalue weighted by molar-refractivity contribution is 0.0880. The van der Waals surface area contributed by atoms with Gasteiger partial charge in [0.15, 0.2) is 0 Å². The highest BCUT2D eigenvalue weighted by Crippen LogP contribution is 2.44. The number of hydrogen-bond acceptors (Lipinski definition) is 4. The van der Waals surface area contributed by atoms with E-state index in [0.29, 0.717) is 19.7 Å². The van der Waals surface area contributed by atoms with Gasteiger partial charge in [-0.05, 0) is 34.4 Å². The maximum atomic E-state index is 12.8. The van der Waals surface area contributed by atoms with Gasteiger partial charge in [-0.1, -0.05) is 54.6 Å². The van der Waals surface area contributed by atoms with Crippen molar-refractivity contribution < 1.29 is 9.53 Å². The van der Waals surface area contributed by atoms with E-state index in [1.807, 2.05) is 30.3 Å². The Labute approximate surface area is 170 Å². The third-order valence-electron chi connectivity index (χ3n) is 5.81. The molecule has 29 heavy (non-hydrogen) atoms. The molecule has 0 spiro atoms. The second-order valence-electron chi connectivity index (χ2n) is 7.51. The lowest BCUT2D eigenvalue weighted by atomic mass is 9.98. The molecule has 1 aliphatic carbocycles. The second-order valence-corrected chi connectivity index (χ2v) is 7.51. The van der Waals surface area contributed by atoms with Crippen LogP contribution in [0.5, 0.6) is 0 Å². The number of aromatic nitrogens is 1. The molecule has 146 valence electrons. The van der Waals surface area contributed by atoms with Crippen molar-refractivity contribution in [2.24, 2.45) is 0 Å². The monoisotopic (exact) mass is 385 g/mol. The van der Waals surface area contributed by atoms with E-state index in [0.717, 1.165) is 12.2 Å². The molecule has 1 aromatic heterocycles. The van der Waals surface area contributed by atoms with Gasteiger partial charge >= 0.3 is 6.09 Å². The number of carbonyl (C=O) groups is 1. The van der Waals surface area contributed by atoms with Gasteiger partial charge in [-0.15, -0.1) is 0 Å². The van der Waals surface area contributed by atoms with Crippen molar-refractivity contribution in [1.82, 2.24) is 15.2 Å². The van der Waals surface area contributed by atoms with Gasteiger partial charge in [-0.3, -0.25) is 4.98 Å². The second kappa shape index (κ2) is 7.68. The summed E-state index contributed by atoms with van der Waals surface area (Å²) in [6.07, 6.45) is 1.53. The van der Waals surface area contributed by atoms with Gasteiger partial charge in [0.1, 0.15) is 6.61 Å². The standard InChI is InChI=1S/C24H23N3O2/c28-24(27-14-13-26-23(15-27)22-11-5-6-12-25-22)29-16-21-19-9-3-1-7-17(19)18-8-2-4-10-20(18)21/h1-12,21,23,26H,13-16H2. The van der Waals surface area contributed by atoms with E-state index in [1.165, 1.54) is 22.3 Å². The van der Waals surface area contributed by atoms with Crippen molar-refractivity contribution in [2.45, 2.75) is 12.0 Å². The Morgan fingerprint density at radius 1 is 1.00 bits per heavy atom. The number of rotatable bonds is 3. The highest BCUT2D eigenvalue weighted by molar-refractivity contribution is 5.79. The molecule has 1 unspecified atom stereocenters. The van der Waals surface area contributed by atoms with Crippen LogP contribution in [0, 0.1) is 0 Å². The molecule has 1 amide bonds. The summed E-state index contributed by atoms with van der Waals surface area (Å²) in [7, 11) is 0. The number of fused-ring (bicyclic) bond motifs is 3. The smallest absolute Gasteiger partial charge is 0.409 e. The van der Waals surface area contributed by atoms with Crippen molar-refractivity contribution in [3.63, 3.8) is 0 Å². The minimum atomic E-state index is -0.255. The quantitative estimate of drug-likeness (QED) is 0.741. The predicted molar refractivity (Wildman–Crippen MR) is 112 cm³/mol. The molecule has 1 atom stereocenters. The zero-order valence-corrected chi connectivity index (χ0v) is 16.1. The first-order valence-corrected chi connectivity index (χ1v) is 10.1. The summed E-state index contributed by atoms with van der Waals surface area (Å²) in [4.78, 5) is 19.0. The normalized spacial score (nSPS) is 18.2. The Morgan fingerprint density at radius 2 is 1.69 bits per heavy atom. The van der Waals surface area contributed by atoms with Crippen LogP contribution in [0.2, 0.25) is 0 Å². The summed E-state index contributed by atoms with van der Waals surface area (Å²) in [5.41, 5.74) is 5.88. The van der Waals surface area contributed by atoms with E-state index in [1.54, 1.807) is 11.1 Å². The number of amides is 1. The number of nitrogens with one attached hydrogen (secondary N) is 1. The SMILES string of the molecule is O=C(OCC1c2ccccc2-c2ccccc21)N1CCNC(c2ccccn2)C1. The van der Waals surface area contributed by atoms with Gasteiger partial charge in [0.05, 0.1) is 11.7 Å². The maximum absolute atomic E-state index is 12.8. The van der Waals surface area contributed by atoms with Gasteiger partial charge in [-0.2, -0.15) is 0 Å². The van der Waals surface area contributed by atoms with Crippen LogP contribution in [0.4, 0.5) is 4.79 Å². The van der Waals surface area contributed by atoms with E-state index in [9.17, 15) is 4.79 Å². The minimum Gasteiger partial charge on any atom is -0.448 e. The first kappa shape index (κ1) is 17.9. The predicted octanol–water partition coefficient (Wildman–Crippen LogP) is 3.98. The highest BCUT2D eigenvalue weighted by Gasteiger charge is 2.31. The number of pyridine rings is 1. The van der Waals surface area contributed by atoms with E-state index >= 15 is 0 Å². The summed E-state index contributed by atoms with van der Waals surface area (Å²) in [5.74, 6) is 0.0841. The Hall–Kier alpha value is -3.18. The molecule has 1 aliphatic heterocycles. The maximum Gasteiger partial charge on any atom is 0.409 e. The first-order chi connectivity index (χ1) is 14.3. The topological polar surface area (TPSA) is 54.5 Å². The Morgan fingerprint density at radius 3 is 2.38 bits per heavy atom. The number of carbonyl (C=O) groups excluding carboxylic acids is 1. The van der Waals surface area contributed by atoms with Crippen LogP contribution in [0.15, 0.2) is 72.9 Å². The first-order valence-electron chi connectivity index (χ1n) is 10.1.